The van der Waals surface area contributed by atoms with E-state index in [2.05, 4.69) is 0 Å². The number of hydrogen-bond donors (Lipinski definition) is 2. The second-order valence-corrected chi connectivity index (χ2v) is 4.27. The van der Waals surface area contributed by atoms with Crippen molar-refractivity contribution in [3.8, 4) is 0 Å². The predicted octanol–water partition coefficient (Wildman–Crippen LogP) is 0.901. The molecular weight excluding hydrogens is 154 g/mol. The molecule has 0 fully saturated rings. The van der Waals surface area contributed by atoms with Gasteiger partial charge in [-0.1, -0.05) is 0 Å². The minimum atomic E-state index is -0.339. The van der Waals surface area contributed by atoms with Gasteiger partial charge in [0.1, 0.15) is 0 Å². The van der Waals surface area contributed by atoms with E-state index in [0.717, 1.165) is 6.42 Å². The van der Waals surface area contributed by atoms with Gasteiger partial charge in [0.2, 0.25) is 0 Å². The molecule has 0 aromatic heterocycles. The average Bonchev–Trinajstić information content (AvgIpc) is 1.85. The fourth-order valence-electron chi connectivity index (χ4n) is 1.39. The SMILES string of the molecule is COC(C)(C)CC(C)(N)CCO. The van der Waals surface area contributed by atoms with E-state index in [1.165, 1.54) is 0 Å². The standard InChI is InChI=1S/C9H21NO2/c1-8(2,12-4)7-9(3,10)5-6-11/h11H,5-7,10H2,1-4H3. The van der Waals surface area contributed by atoms with Crippen LogP contribution in [0.3, 0.4) is 0 Å². The Morgan fingerprint density at radius 3 is 2.17 bits per heavy atom. The molecule has 0 aromatic rings. The second kappa shape index (κ2) is 4.21. The Morgan fingerprint density at radius 2 is 1.83 bits per heavy atom. The first-order chi connectivity index (χ1) is 5.33. The van der Waals surface area contributed by atoms with Crippen LogP contribution in [0.2, 0.25) is 0 Å². The molecule has 0 aliphatic carbocycles. The van der Waals surface area contributed by atoms with E-state index >= 15 is 0 Å². The van der Waals surface area contributed by atoms with Gasteiger partial charge in [0.25, 0.3) is 0 Å². The van der Waals surface area contributed by atoms with E-state index in [9.17, 15) is 0 Å². The average molecular weight is 175 g/mol. The molecule has 0 saturated carbocycles. The first-order valence-corrected chi connectivity index (χ1v) is 4.28. The van der Waals surface area contributed by atoms with Crippen molar-refractivity contribution in [2.24, 2.45) is 5.73 Å². The summed E-state index contributed by atoms with van der Waals surface area (Å²) in [7, 11) is 1.68. The Bertz CT molecular complexity index is 132. The summed E-state index contributed by atoms with van der Waals surface area (Å²) >= 11 is 0. The Kier molecular flexibility index (Phi) is 4.17. The van der Waals surface area contributed by atoms with Gasteiger partial charge in [0.05, 0.1) is 5.60 Å². The molecular formula is C9H21NO2. The van der Waals surface area contributed by atoms with Crippen molar-refractivity contribution < 1.29 is 9.84 Å². The van der Waals surface area contributed by atoms with E-state index in [0.29, 0.717) is 6.42 Å². The normalized spacial score (nSPS) is 17.5. The van der Waals surface area contributed by atoms with Gasteiger partial charge in [-0.3, -0.25) is 0 Å². The molecule has 74 valence electrons. The lowest BCUT2D eigenvalue weighted by Gasteiger charge is -2.33. The van der Waals surface area contributed by atoms with E-state index in [1.54, 1.807) is 7.11 Å². The number of ether oxygens (including phenoxy) is 1. The second-order valence-electron chi connectivity index (χ2n) is 4.27. The van der Waals surface area contributed by atoms with Crippen LogP contribution in [0.1, 0.15) is 33.6 Å². The molecule has 1 unspecified atom stereocenters. The number of rotatable bonds is 5. The van der Waals surface area contributed by atoms with Crippen molar-refractivity contribution in [3.63, 3.8) is 0 Å². The fourth-order valence-corrected chi connectivity index (χ4v) is 1.39. The zero-order chi connectivity index (χ0) is 9.83. The Labute approximate surface area is 74.9 Å². The number of aliphatic hydroxyl groups excluding tert-OH is 1. The lowest BCUT2D eigenvalue weighted by atomic mass is 9.86. The van der Waals surface area contributed by atoms with E-state index in [4.69, 9.17) is 15.6 Å². The topological polar surface area (TPSA) is 55.5 Å². The van der Waals surface area contributed by atoms with Gasteiger partial charge >= 0.3 is 0 Å². The minimum Gasteiger partial charge on any atom is -0.396 e. The van der Waals surface area contributed by atoms with Crippen LogP contribution in [-0.4, -0.2) is 30.0 Å². The number of nitrogens with two attached hydrogens (primary N) is 1. The van der Waals surface area contributed by atoms with Gasteiger partial charge in [-0.2, -0.15) is 0 Å². The molecule has 0 spiro atoms. The minimum absolute atomic E-state index is 0.132. The van der Waals surface area contributed by atoms with Crippen molar-refractivity contribution in [2.75, 3.05) is 13.7 Å². The molecule has 0 aliphatic heterocycles. The van der Waals surface area contributed by atoms with Crippen molar-refractivity contribution in [1.29, 1.82) is 0 Å². The molecule has 0 heterocycles. The summed E-state index contributed by atoms with van der Waals surface area (Å²) in [6.07, 6.45) is 1.36. The maximum atomic E-state index is 8.75. The Balaban J connectivity index is 4.04. The lowest BCUT2D eigenvalue weighted by Crippen LogP contribution is -2.44. The molecule has 3 heteroatoms. The molecule has 3 N–H and O–H groups in total. The molecule has 0 saturated heterocycles. The van der Waals surface area contributed by atoms with Gasteiger partial charge in [0, 0.05) is 19.3 Å². The van der Waals surface area contributed by atoms with E-state index in [1.807, 2.05) is 20.8 Å². The third kappa shape index (κ3) is 4.70. The summed E-state index contributed by atoms with van der Waals surface area (Å²) in [6, 6.07) is 0. The lowest BCUT2D eigenvalue weighted by molar-refractivity contribution is -0.00367. The fraction of sp³-hybridized carbons (Fsp3) is 1.00. The molecule has 12 heavy (non-hydrogen) atoms. The van der Waals surface area contributed by atoms with Gasteiger partial charge < -0.3 is 15.6 Å². The van der Waals surface area contributed by atoms with Crippen LogP contribution in [0.15, 0.2) is 0 Å². The van der Waals surface area contributed by atoms with Crippen LogP contribution in [0.25, 0.3) is 0 Å². The highest BCUT2D eigenvalue weighted by atomic mass is 16.5. The number of methoxy groups -OCH3 is 1. The molecule has 1 atom stereocenters. The molecule has 0 bridgehead atoms. The quantitative estimate of drug-likeness (QED) is 0.652. The summed E-state index contributed by atoms with van der Waals surface area (Å²) in [6.45, 7) is 6.06. The largest absolute Gasteiger partial charge is 0.396 e. The molecule has 0 radical (unpaired) electrons. The molecule has 0 aliphatic rings. The summed E-state index contributed by atoms with van der Waals surface area (Å²) in [5, 5.41) is 8.75. The van der Waals surface area contributed by atoms with Crippen molar-refractivity contribution in [1.82, 2.24) is 0 Å². The monoisotopic (exact) mass is 175 g/mol. The van der Waals surface area contributed by atoms with E-state index in [-0.39, 0.29) is 17.7 Å². The van der Waals surface area contributed by atoms with Gasteiger partial charge in [0.15, 0.2) is 0 Å². The highest BCUT2D eigenvalue weighted by molar-refractivity contribution is 4.86. The van der Waals surface area contributed by atoms with Crippen LogP contribution >= 0.6 is 0 Å². The van der Waals surface area contributed by atoms with Crippen LogP contribution < -0.4 is 5.73 Å². The summed E-state index contributed by atoms with van der Waals surface area (Å²) in [4.78, 5) is 0. The van der Waals surface area contributed by atoms with Crippen LogP contribution in [0.5, 0.6) is 0 Å². The molecule has 0 amide bonds. The first-order valence-electron chi connectivity index (χ1n) is 4.28. The highest BCUT2D eigenvalue weighted by Gasteiger charge is 2.28. The van der Waals surface area contributed by atoms with Crippen molar-refractivity contribution in [3.05, 3.63) is 0 Å². The molecule has 0 aromatic carbocycles. The van der Waals surface area contributed by atoms with Crippen molar-refractivity contribution in [2.45, 2.75) is 44.8 Å². The third-order valence-electron chi connectivity index (χ3n) is 2.07. The summed E-state index contributed by atoms with van der Waals surface area (Å²) < 4.78 is 5.26. The molecule has 0 rings (SSSR count). The summed E-state index contributed by atoms with van der Waals surface area (Å²) in [5.74, 6) is 0. The third-order valence-corrected chi connectivity index (χ3v) is 2.07. The molecule has 3 nitrogen and oxygen atoms in total. The number of aliphatic hydroxyl groups is 1. The zero-order valence-electron chi connectivity index (χ0n) is 8.55. The Morgan fingerprint density at radius 1 is 1.33 bits per heavy atom. The summed E-state index contributed by atoms with van der Waals surface area (Å²) in [5.41, 5.74) is 5.40. The van der Waals surface area contributed by atoms with E-state index < -0.39 is 0 Å². The van der Waals surface area contributed by atoms with Crippen LogP contribution in [0.4, 0.5) is 0 Å². The predicted molar refractivity (Wildman–Crippen MR) is 50.0 cm³/mol. The number of hydrogen-bond acceptors (Lipinski definition) is 3. The first kappa shape index (κ1) is 11.9. The van der Waals surface area contributed by atoms with Crippen LogP contribution in [-0.2, 0) is 4.74 Å². The van der Waals surface area contributed by atoms with Crippen molar-refractivity contribution >= 4 is 0 Å². The van der Waals surface area contributed by atoms with Crippen LogP contribution in [0, 0.1) is 0 Å². The maximum absolute atomic E-state index is 8.75. The van der Waals surface area contributed by atoms with Gasteiger partial charge in [-0.25, -0.2) is 0 Å². The van der Waals surface area contributed by atoms with Gasteiger partial charge in [-0.15, -0.1) is 0 Å². The highest BCUT2D eigenvalue weighted by Crippen LogP contribution is 2.23. The zero-order valence-corrected chi connectivity index (χ0v) is 8.55. The Hall–Kier alpha value is -0.120. The van der Waals surface area contributed by atoms with Gasteiger partial charge in [-0.05, 0) is 33.6 Å². The maximum Gasteiger partial charge on any atom is 0.0640 e. The smallest absolute Gasteiger partial charge is 0.0640 e.